The average Bonchev–Trinajstić information content (AvgIpc) is 3.19. The van der Waals surface area contributed by atoms with Crippen molar-refractivity contribution in [3.8, 4) is 0 Å². The fraction of sp³-hybridized carbons (Fsp3) is 0.378. The van der Waals surface area contributed by atoms with Crippen molar-refractivity contribution < 1.29 is 39.0 Å². The zero-order valence-corrected chi connectivity index (χ0v) is 38.8. The molecule has 0 bridgehead atoms. The van der Waals surface area contributed by atoms with Crippen molar-refractivity contribution in [2.45, 2.75) is 87.0 Å². The van der Waals surface area contributed by atoms with Crippen molar-refractivity contribution in [1.29, 1.82) is 0 Å². The Labute approximate surface area is 342 Å². The van der Waals surface area contributed by atoms with Gasteiger partial charge in [0.05, 0.1) is 0 Å². The molecular weight excluding hydrogens is 727 g/mol. The Morgan fingerprint density at radius 2 is 0.647 bits per heavy atom. The molecule has 0 heterocycles. The molecule has 51 heavy (non-hydrogen) atoms. The van der Waals surface area contributed by atoms with Crippen LogP contribution in [0.4, 0.5) is 0 Å². The first-order chi connectivity index (χ1) is 23.5. The van der Waals surface area contributed by atoms with Gasteiger partial charge in [-0.25, -0.2) is 0 Å². The van der Waals surface area contributed by atoms with Gasteiger partial charge in [-0.1, -0.05) is 154 Å². The number of nitrogens with zero attached hydrogens (tertiary/aromatic N) is 2. The van der Waals surface area contributed by atoms with Gasteiger partial charge in [-0.05, 0) is 25.0 Å². The van der Waals surface area contributed by atoms with Gasteiger partial charge in [-0.2, -0.15) is 40.8 Å². The minimum Gasteiger partial charge on any atom is -0.657 e. The van der Waals surface area contributed by atoms with E-state index in [1.165, 1.54) is 22.3 Å². The Bertz CT molecular complexity index is 976. The second-order valence-corrected chi connectivity index (χ2v) is 10.2. The van der Waals surface area contributed by atoms with Crippen LogP contribution in [-0.4, -0.2) is 26.2 Å². The summed E-state index contributed by atoms with van der Waals surface area (Å²) in [6.45, 7) is 32.2. The number of benzene rings is 4. The molecule has 0 amide bonds. The third kappa shape index (κ3) is 28.2. The Hall–Kier alpha value is -2.03. The quantitative estimate of drug-likeness (QED) is 0.0758. The summed E-state index contributed by atoms with van der Waals surface area (Å²) in [6.07, 6.45) is 0. The molecule has 0 radical (unpaired) electrons. The van der Waals surface area contributed by atoms with E-state index in [1.807, 2.05) is 12.1 Å². The molecule has 4 rings (SSSR count). The van der Waals surface area contributed by atoms with Gasteiger partial charge in [-0.3, -0.25) is 0 Å². The van der Waals surface area contributed by atoms with E-state index in [4.69, 9.17) is 0 Å². The molecular formula is C45H70N4Zn2-4. The number of nitrogens with one attached hydrogen (secondary N) is 2. The van der Waals surface area contributed by atoms with Crippen LogP contribution in [0.1, 0.15) is 109 Å². The number of rotatable bonds is 14. The monoisotopic (exact) mass is 794 g/mol. The van der Waals surface area contributed by atoms with E-state index in [1.54, 1.807) is 27.7 Å². The van der Waals surface area contributed by atoms with Gasteiger partial charge >= 0.3 is 19.5 Å². The van der Waals surface area contributed by atoms with Gasteiger partial charge in [0, 0.05) is 44.7 Å². The number of hydrogen-bond donors (Lipinski definition) is 2. The summed E-state index contributed by atoms with van der Waals surface area (Å²) in [5, 5.41) is 16.4. The molecule has 0 fully saturated rings. The van der Waals surface area contributed by atoms with Crippen molar-refractivity contribution in [1.82, 2.24) is 10.6 Å². The maximum absolute atomic E-state index is 4.67. The summed E-state index contributed by atoms with van der Waals surface area (Å²) in [4.78, 5) is 0. The van der Waals surface area contributed by atoms with Crippen LogP contribution in [0.25, 0.3) is 10.6 Å². The summed E-state index contributed by atoms with van der Waals surface area (Å²) in [5.74, 6) is 0. The van der Waals surface area contributed by atoms with Crippen LogP contribution in [0, 0.1) is 27.7 Å². The molecule has 278 valence electrons. The van der Waals surface area contributed by atoms with Gasteiger partial charge in [0.15, 0.2) is 0 Å². The average molecular weight is 798 g/mol. The normalized spacial score (nSPS) is 11.4. The van der Waals surface area contributed by atoms with Crippen molar-refractivity contribution in [2.75, 3.05) is 26.2 Å². The van der Waals surface area contributed by atoms with E-state index in [-0.39, 0.29) is 58.5 Å². The second kappa shape index (κ2) is 42.4. The Kier molecular flexibility index (Phi) is 48.4. The van der Waals surface area contributed by atoms with E-state index in [9.17, 15) is 0 Å². The maximum Gasteiger partial charge on any atom is 2.00 e. The molecule has 0 aliphatic heterocycles. The minimum absolute atomic E-state index is 0. The van der Waals surface area contributed by atoms with Crippen LogP contribution >= 0.6 is 0 Å². The molecule has 0 aliphatic carbocycles. The zero-order chi connectivity index (χ0) is 36.4. The molecule has 0 saturated carbocycles. The third-order valence-electron chi connectivity index (χ3n) is 7.10. The first kappa shape index (κ1) is 58.3. The molecule has 0 unspecified atom stereocenters. The standard InChI is InChI=1S/C18H24N2.C18H22N2.4C2H5.CH4.2Zn/c2*1-15(17-9-5-3-6-10-17)19-13-14-20-16(2)18-11-7-4-8-12-18;4*1-2;;;/h3-12,15-16,19-20H,13-14H2,1-2H3;3-12,15-16H,13-14H2,1-2H3;4*1H2,2H3;1H4;;/q;-2;4*-1;;;+2/t2*15-,16-;;;;;;;/m00......./s1. The maximum atomic E-state index is 4.67. The predicted molar refractivity (Wildman–Crippen MR) is 223 cm³/mol. The van der Waals surface area contributed by atoms with Gasteiger partial charge in [-0.15, -0.1) is 12.1 Å². The smallest absolute Gasteiger partial charge is 0.657 e. The molecule has 0 aliphatic rings. The second-order valence-electron chi connectivity index (χ2n) is 10.2. The van der Waals surface area contributed by atoms with Crippen LogP contribution in [0.15, 0.2) is 121 Å². The van der Waals surface area contributed by atoms with Crippen LogP contribution in [-0.2, 0) is 39.0 Å². The molecule has 0 aromatic heterocycles. The van der Waals surface area contributed by atoms with E-state index >= 15 is 0 Å². The first-order valence-electron chi connectivity index (χ1n) is 17.4. The Morgan fingerprint density at radius 3 is 0.882 bits per heavy atom. The molecule has 2 N–H and O–H groups in total. The minimum atomic E-state index is 0. The zero-order valence-electron chi connectivity index (χ0n) is 32.8. The van der Waals surface area contributed by atoms with Crippen molar-refractivity contribution in [3.05, 3.63) is 182 Å². The molecule has 4 nitrogen and oxygen atoms in total. The van der Waals surface area contributed by atoms with E-state index < -0.39 is 0 Å². The molecule has 4 aromatic rings. The summed E-state index contributed by atoms with van der Waals surface area (Å²) in [7, 11) is 0. The molecule has 0 saturated heterocycles. The van der Waals surface area contributed by atoms with E-state index in [2.05, 4.69) is 186 Å². The van der Waals surface area contributed by atoms with Crippen LogP contribution < -0.4 is 10.6 Å². The van der Waals surface area contributed by atoms with Gasteiger partial charge in [0.25, 0.3) is 0 Å². The summed E-state index contributed by atoms with van der Waals surface area (Å²) in [6, 6.07) is 43.2. The Morgan fingerprint density at radius 1 is 0.431 bits per heavy atom. The fourth-order valence-electron chi connectivity index (χ4n) is 4.47. The summed E-state index contributed by atoms with van der Waals surface area (Å²) < 4.78 is 0. The summed E-state index contributed by atoms with van der Waals surface area (Å²) in [5.41, 5.74) is 5.21. The third-order valence-corrected chi connectivity index (χ3v) is 7.10. The van der Waals surface area contributed by atoms with Gasteiger partial charge in [0.2, 0.25) is 0 Å². The van der Waals surface area contributed by atoms with Crippen LogP contribution in [0.2, 0.25) is 0 Å². The van der Waals surface area contributed by atoms with Crippen molar-refractivity contribution in [3.63, 3.8) is 0 Å². The topological polar surface area (TPSA) is 52.3 Å². The molecule has 4 atom stereocenters. The SMILES string of the molecule is C.C[C@H](NCCN[C@@H](C)c1ccccc1)c1ccccc1.C[C@H]([N-]CC[N-][C@@H](C)c1ccccc1)c1ccccc1.[CH2-]C.[CH2-]C.[CH2-]C.[CH2-]C.[Zn+2].[Zn]. The number of hydrogen-bond acceptors (Lipinski definition) is 2. The summed E-state index contributed by atoms with van der Waals surface area (Å²) >= 11 is 0. The first-order valence-corrected chi connectivity index (χ1v) is 17.4. The van der Waals surface area contributed by atoms with Crippen LogP contribution in [0.3, 0.4) is 0 Å². The predicted octanol–water partition coefficient (Wildman–Crippen LogP) is 12.9. The molecule has 6 heteroatoms. The fourth-order valence-corrected chi connectivity index (χ4v) is 4.47. The van der Waals surface area contributed by atoms with Crippen LogP contribution in [0.5, 0.6) is 0 Å². The molecule has 4 aromatic carbocycles. The van der Waals surface area contributed by atoms with Gasteiger partial charge in [0.1, 0.15) is 0 Å². The Balaban J connectivity index is -0.000000220. The molecule has 0 spiro atoms. The van der Waals surface area contributed by atoms with Crippen molar-refractivity contribution >= 4 is 0 Å². The van der Waals surface area contributed by atoms with E-state index in [0.29, 0.717) is 12.1 Å². The van der Waals surface area contributed by atoms with Gasteiger partial charge < -0.3 is 49.0 Å². The van der Waals surface area contributed by atoms with Crippen molar-refractivity contribution in [2.24, 2.45) is 0 Å². The van der Waals surface area contributed by atoms with E-state index in [0.717, 1.165) is 26.2 Å². The largest absolute Gasteiger partial charge is 2.00 e.